The smallest absolute Gasteiger partial charge is 0.239 e. The lowest BCUT2D eigenvalue weighted by Gasteiger charge is -2.40. The highest BCUT2D eigenvalue weighted by atomic mass is 16.3. The second kappa shape index (κ2) is 4.94. The van der Waals surface area contributed by atoms with E-state index in [1.54, 1.807) is 4.90 Å². The fourth-order valence-electron chi connectivity index (χ4n) is 2.94. The van der Waals surface area contributed by atoms with Gasteiger partial charge in [-0.05, 0) is 44.4 Å². The Balaban J connectivity index is 1.93. The monoisotopic (exact) mass is 240 g/mol. The van der Waals surface area contributed by atoms with Gasteiger partial charge in [-0.2, -0.15) is 0 Å². The topological polar surface area (TPSA) is 66.6 Å². The van der Waals surface area contributed by atoms with Crippen LogP contribution in [0.5, 0.6) is 0 Å². The van der Waals surface area contributed by atoms with Gasteiger partial charge in [-0.15, -0.1) is 0 Å². The first-order valence-electron chi connectivity index (χ1n) is 6.77. The molecule has 1 aliphatic heterocycles. The molecule has 1 amide bonds. The fraction of sp³-hybridized carbons (Fsp3) is 0.923. The molecule has 2 aliphatic rings. The minimum Gasteiger partial charge on any atom is -0.388 e. The van der Waals surface area contributed by atoms with Crippen molar-refractivity contribution in [2.75, 3.05) is 13.1 Å². The maximum atomic E-state index is 11.9. The second-order valence-corrected chi connectivity index (χ2v) is 5.92. The van der Waals surface area contributed by atoms with Crippen LogP contribution in [-0.4, -0.2) is 40.6 Å². The number of carbonyl (C=O) groups is 1. The van der Waals surface area contributed by atoms with Gasteiger partial charge in [0.1, 0.15) is 0 Å². The van der Waals surface area contributed by atoms with Crippen LogP contribution < -0.4 is 5.73 Å². The number of likely N-dealkylation sites (tertiary alicyclic amines) is 1. The third-order valence-corrected chi connectivity index (χ3v) is 4.26. The summed E-state index contributed by atoms with van der Waals surface area (Å²) in [7, 11) is 0. The zero-order chi connectivity index (χ0) is 12.5. The Hall–Kier alpha value is -0.610. The molecule has 98 valence electrons. The maximum Gasteiger partial charge on any atom is 0.239 e. The minimum atomic E-state index is -0.667. The van der Waals surface area contributed by atoms with E-state index in [4.69, 9.17) is 5.73 Å². The van der Waals surface area contributed by atoms with Crippen LogP contribution in [0.3, 0.4) is 0 Å². The largest absolute Gasteiger partial charge is 0.388 e. The van der Waals surface area contributed by atoms with Crippen LogP contribution in [0.15, 0.2) is 0 Å². The summed E-state index contributed by atoms with van der Waals surface area (Å²) >= 11 is 0. The van der Waals surface area contributed by atoms with E-state index >= 15 is 0 Å². The van der Waals surface area contributed by atoms with E-state index in [9.17, 15) is 9.90 Å². The fourth-order valence-corrected chi connectivity index (χ4v) is 2.94. The SMILES string of the molecule is CC1CCC(O)(CN2CCCC(N)C2=O)CC1. The third kappa shape index (κ3) is 2.99. The van der Waals surface area contributed by atoms with Crippen molar-refractivity contribution in [3.8, 4) is 0 Å². The van der Waals surface area contributed by atoms with Crippen LogP contribution in [0, 0.1) is 5.92 Å². The van der Waals surface area contributed by atoms with Crippen LogP contribution in [0.1, 0.15) is 45.4 Å². The summed E-state index contributed by atoms with van der Waals surface area (Å²) in [5, 5.41) is 10.5. The Morgan fingerprint density at radius 1 is 1.41 bits per heavy atom. The summed E-state index contributed by atoms with van der Waals surface area (Å²) in [6.45, 7) is 3.46. The highest BCUT2D eigenvalue weighted by Gasteiger charge is 2.36. The highest BCUT2D eigenvalue weighted by molar-refractivity contribution is 5.82. The summed E-state index contributed by atoms with van der Waals surface area (Å²) in [5.41, 5.74) is 5.10. The number of nitrogens with zero attached hydrogens (tertiary/aromatic N) is 1. The molecule has 2 rings (SSSR count). The lowest BCUT2D eigenvalue weighted by Crippen LogP contribution is -2.54. The Bertz CT molecular complexity index is 285. The van der Waals surface area contributed by atoms with Crippen LogP contribution in [-0.2, 0) is 4.79 Å². The molecule has 1 unspecified atom stereocenters. The number of piperidine rings is 1. The summed E-state index contributed by atoms with van der Waals surface area (Å²) in [6.07, 6.45) is 5.49. The van der Waals surface area contributed by atoms with Gasteiger partial charge in [-0.1, -0.05) is 6.92 Å². The number of carbonyl (C=O) groups excluding carboxylic acids is 1. The van der Waals surface area contributed by atoms with Gasteiger partial charge < -0.3 is 15.7 Å². The molecule has 0 aromatic heterocycles. The van der Waals surface area contributed by atoms with Crippen molar-refractivity contribution in [3.05, 3.63) is 0 Å². The van der Waals surface area contributed by atoms with Gasteiger partial charge in [0.05, 0.1) is 11.6 Å². The normalized spacial score (nSPS) is 39.5. The number of nitrogens with two attached hydrogens (primary N) is 1. The molecule has 0 radical (unpaired) electrons. The van der Waals surface area contributed by atoms with Gasteiger partial charge in [0.2, 0.25) is 5.91 Å². The molecule has 4 heteroatoms. The van der Waals surface area contributed by atoms with E-state index in [-0.39, 0.29) is 11.9 Å². The van der Waals surface area contributed by atoms with Gasteiger partial charge in [0.15, 0.2) is 0 Å². The van der Waals surface area contributed by atoms with Crippen molar-refractivity contribution >= 4 is 5.91 Å². The van der Waals surface area contributed by atoms with Crippen LogP contribution >= 0.6 is 0 Å². The molecule has 4 nitrogen and oxygen atoms in total. The molecule has 1 saturated carbocycles. The van der Waals surface area contributed by atoms with Crippen LogP contribution in [0.25, 0.3) is 0 Å². The molecule has 1 aliphatic carbocycles. The average molecular weight is 240 g/mol. The lowest BCUT2D eigenvalue weighted by atomic mass is 9.79. The van der Waals surface area contributed by atoms with Gasteiger partial charge in [0, 0.05) is 13.1 Å². The number of β-amino-alcohol motifs (C(OH)–C–C–N with tert-alkyl or cyclic N) is 1. The molecule has 17 heavy (non-hydrogen) atoms. The molecule has 1 saturated heterocycles. The van der Waals surface area contributed by atoms with Crippen molar-refractivity contribution in [2.45, 2.75) is 57.1 Å². The number of hydrogen-bond donors (Lipinski definition) is 2. The van der Waals surface area contributed by atoms with Crippen LogP contribution in [0.2, 0.25) is 0 Å². The molecule has 0 spiro atoms. The van der Waals surface area contributed by atoms with Gasteiger partial charge in [0.25, 0.3) is 0 Å². The summed E-state index contributed by atoms with van der Waals surface area (Å²) in [6, 6.07) is -0.352. The molecule has 0 aromatic carbocycles. The van der Waals surface area contributed by atoms with Gasteiger partial charge in [-0.3, -0.25) is 4.79 Å². The zero-order valence-electron chi connectivity index (χ0n) is 10.7. The summed E-state index contributed by atoms with van der Waals surface area (Å²) in [4.78, 5) is 13.7. The second-order valence-electron chi connectivity index (χ2n) is 5.92. The first-order valence-corrected chi connectivity index (χ1v) is 6.77. The van der Waals surface area contributed by atoms with E-state index in [1.807, 2.05) is 0 Å². The van der Waals surface area contributed by atoms with Gasteiger partial charge in [-0.25, -0.2) is 0 Å². The maximum absolute atomic E-state index is 11.9. The zero-order valence-corrected chi connectivity index (χ0v) is 10.7. The Labute approximate surface area is 103 Å². The Kier molecular flexibility index (Phi) is 3.73. The van der Waals surface area contributed by atoms with Crippen molar-refractivity contribution in [2.24, 2.45) is 11.7 Å². The minimum absolute atomic E-state index is 0.0169. The molecule has 3 N–H and O–H groups in total. The average Bonchev–Trinajstić information content (AvgIpc) is 2.30. The van der Waals surface area contributed by atoms with Crippen molar-refractivity contribution in [1.29, 1.82) is 0 Å². The number of amides is 1. The molecule has 0 bridgehead atoms. The van der Waals surface area contributed by atoms with E-state index in [1.165, 1.54) is 0 Å². The predicted octanol–water partition coefficient (Wildman–Crippen LogP) is 0.877. The van der Waals surface area contributed by atoms with E-state index in [0.29, 0.717) is 12.5 Å². The van der Waals surface area contributed by atoms with Crippen molar-refractivity contribution < 1.29 is 9.90 Å². The standard InChI is InChI=1S/C13H24N2O2/c1-10-4-6-13(17,7-5-10)9-15-8-2-3-11(14)12(15)16/h10-11,17H,2-9,14H2,1H3. The van der Waals surface area contributed by atoms with Crippen LogP contribution in [0.4, 0.5) is 0 Å². The van der Waals surface area contributed by atoms with E-state index in [2.05, 4.69) is 6.92 Å². The number of hydrogen-bond acceptors (Lipinski definition) is 3. The Morgan fingerprint density at radius 3 is 2.71 bits per heavy atom. The molecular weight excluding hydrogens is 216 g/mol. The Morgan fingerprint density at radius 2 is 2.06 bits per heavy atom. The first-order chi connectivity index (χ1) is 8.00. The predicted molar refractivity (Wildman–Crippen MR) is 66.4 cm³/mol. The summed E-state index contributed by atoms with van der Waals surface area (Å²) in [5.74, 6) is 0.720. The third-order valence-electron chi connectivity index (χ3n) is 4.26. The van der Waals surface area contributed by atoms with Crippen molar-refractivity contribution in [3.63, 3.8) is 0 Å². The lowest BCUT2D eigenvalue weighted by molar-refractivity contribution is -0.140. The number of rotatable bonds is 2. The first kappa shape index (κ1) is 12.8. The van der Waals surface area contributed by atoms with Gasteiger partial charge >= 0.3 is 0 Å². The van der Waals surface area contributed by atoms with E-state index < -0.39 is 5.60 Å². The highest BCUT2D eigenvalue weighted by Crippen LogP contribution is 2.32. The summed E-state index contributed by atoms with van der Waals surface area (Å²) < 4.78 is 0. The molecule has 1 atom stereocenters. The molecule has 2 fully saturated rings. The molecule has 1 heterocycles. The molecule has 0 aromatic rings. The van der Waals surface area contributed by atoms with E-state index in [0.717, 1.165) is 45.1 Å². The quantitative estimate of drug-likeness (QED) is 0.753. The van der Waals surface area contributed by atoms with Crippen molar-refractivity contribution in [1.82, 2.24) is 4.90 Å². The molecular formula is C13H24N2O2. The number of aliphatic hydroxyl groups is 1.